The molecular weight excluding hydrogens is 298 g/mol. The first-order valence-electron chi connectivity index (χ1n) is 7.93. The van der Waals surface area contributed by atoms with Gasteiger partial charge < -0.3 is 15.5 Å². The molecule has 0 spiro atoms. The largest absolute Gasteiger partial charge is 0.384 e. The van der Waals surface area contributed by atoms with Gasteiger partial charge in [0.05, 0.1) is 11.8 Å². The number of nitrogens with zero attached hydrogens (tertiary/aromatic N) is 4. The summed E-state index contributed by atoms with van der Waals surface area (Å²) in [6.45, 7) is 4.78. The van der Waals surface area contributed by atoms with Crippen molar-refractivity contribution < 1.29 is 0 Å². The molecule has 0 amide bonds. The maximum absolute atomic E-state index is 6.42. The van der Waals surface area contributed by atoms with Crippen molar-refractivity contribution in [1.29, 1.82) is 0 Å². The van der Waals surface area contributed by atoms with Crippen LogP contribution in [0.1, 0.15) is 11.1 Å². The molecule has 120 valence electrons. The molecule has 24 heavy (non-hydrogen) atoms. The highest BCUT2D eigenvalue weighted by Gasteiger charge is 2.32. The van der Waals surface area contributed by atoms with E-state index in [0.717, 1.165) is 22.8 Å². The summed E-state index contributed by atoms with van der Waals surface area (Å²) in [5.41, 5.74) is 11.9. The van der Waals surface area contributed by atoms with E-state index in [0.29, 0.717) is 12.5 Å². The lowest BCUT2D eigenvalue weighted by molar-refractivity contribution is 0.859. The number of nitrogens with two attached hydrogens (primary N) is 1. The lowest BCUT2D eigenvalue weighted by Crippen LogP contribution is -2.49. The van der Waals surface area contributed by atoms with Crippen molar-refractivity contribution in [3.05, 3.63) is 71.1 Å². The fourth-order valence-electron chi connectivity index (χ4n) is 3.06. The minimum Gasteiger partial charge on any atom is -0.384 e. The average molecular weight is 317 g/mol. The second kappa shape index (κ2) is 5.53. The number of aryl methyl sites for hydroxylation is 2. The minimum atomic E-state index is 0.603. The molecular formula is C19H19N5. The van der Waals surface area contributed by atoms with Crippen LogP contribution in [0.25, 0.3) is 0 Å². The van der Waals surface area contributed by atoms with Crippen LogP contribution in [0.4, 0.5) is 11.4 Å². The van der Waals surface area contributed by atoms with Gasteiger partial charge >= 0.3 is 0 Å². The Bertz CT molecular complexity index is 877. The van der Waals surface area contributed by atoms with Gasteiger partial charge in [0.2, 0.25) is 0 Å². The summed E-state index contributed by atoms with van der Waals surface area (Å²) in [4.78, 5) is 4.26. The molecule has 2 heterocycles. The van der Waals surface area contributed by atoms with Crippen LogP contribution in [0, 0.1) is 13.8 Å². The first-order valence-corrected chi connectivity index (χ1v) is 7.93. The van der Waals surface area contributed by atoms with Gasteiger partial charge in [-0.2, -0.15) is 5.10 Å². The highest BCUT2D eigenvalue weighted by atomic mass is 15.4. The Kier molecular flexibility index (Phi) is 3.34. The van der Waals surface area contributed by atoms with Crippen molar-refractivity contribution in [3.8, 4) is 0 Å². The smallest absolute Gasteiger partial charge is 0.169 e. The number of hydrogen-bond acceptors (Lipinski definition) is 5. The van der Waals surface area contributed by atoms with Crippen molar-refractivity contribution in [3.63, 3.8) is 0 Å². The van der Waals surface area contributed by atoms with Crippen molar-refractivity contribution >= 4 is 23.4 Å². The SMILES string of the molecule is Cc1ccc(N2CN(c3ccccc3C)C3=NN=CC3=C2N)cc1. The molecule has 0 saturated carbocycles. The molecule has 2 aliphatic rings. The van der Waals surface area contributed by atoms with Crippen LogP contribution in [0.2, 0.25) is 0 Å². The predicted molar refractivity (Wildman–Crippen MR) is 99.3 cm³/mol. The van der Waals surface area contributed by atoms with E-state index >= 15 is 0 Å². The third-order valence-corrected chi connectivity index (χ3v) is 4.44. The van der Waals surface area contributed by atoms with Gasteiger partial charge in [0.1, 0.15) is 12.5 Å². The van der Waals surface area contributed by atoms with Gasteiger partial charge in [-0.15, -0.1) is 5.10 Å². The molecule has 0 aromatic heterocycles. The monoisotopic (exact) mass is 317 g/mol. The molecule has 0 atom stereocenters. The van der Waals surface area contributed by atoms with Crippen LogP contribution in [-0.4, -0.2) is 18.7 Å². The van der Waals surface area contributed by atoms with Crippen LogP contribution < -0.4 is 15.5 Å². The Morgan fingerprint density at radius 3 is 2.46 bits per heavy atom. The summed E-state index contributed by atoms with van der Waals surface area (Å²) in [6, 6.07) is 16.6. The zero-order valence-corrected chi connectivity index (χ0v) is 13.8. The third-order valence-electron chi connectivity index (χ3n) is 4.44. The van der Waals surface area contributed by atoms with E-state index in [1.165, 1.54) is 11.1 Å². The van der Waals surface area contributed by atoms with Crippen LogP contribution >= 0.6 is 0 Å². The van der Waals surface area contributed by atoms with Crippen molar-refractivity contribution in [1.82, 2.24) is 0 Å². The Hall–Kier alpha value is -3.08. The summed E-state index contributed by atoms with van der Waals surface area (Å²) < 4.78 is 0. The molecule has 2 aromatic carbocycles. The van der Waals surface area contributed by atoms with E-state index in [4.69, 9.17) is 5.73 Å². The minimum absolute atomic E-state index is 0.603. The number of rotatable bonds is 2. The van der Waals surface area contributed by atoms with Crippen molar-refractivity contribution in [2.24, 2.45) is 15.9 Å². The standard InChI is InChI=1S/C19H19N5/c1-13-7-9-15(10-8-13)23-12-24(17-6-4-3-5-14(17)2)19-16(18(23)20)11-21-22-19/h3-11H,12,20H2,1-2H3. The Morgan fingerprint density at radius 2 is 1.71 bits per heavy atom. The molecule has 4 rings (SSSR count). The summed E-state index contributed by atoms with van der Waals surface area (Å²) in [5, 5.41) is 8.38. The Balaban J connectivity index is 1.82. The van der Waals surface area contributed by atoms with Crippen LogP contribution in [0.3, 0.4) is 0 Å². The van der Waals surface area contributed by atoms with Crippen molar-refractivity contribution in [2.75, 3.05) is 16.5 Å². The topological polar surface area (TPSA) is 57.2 Å². The van der Waals surface area contributed by atoms with E-state index in [1.807, 2.05) is 12.1 Å². The van der Waals surface area contributed by atoms with Gasteiger partial charge in [0, 0.05) is 11.4 Å². The van der Waals surface area contributed by atoms with E-state index < -0.39 is 0 Å². The number of anilines is 2. The fraction of sp³-hybridized carbons (Fsp3) is 0.158. The van der Waals surface area contributed by atoms with E-state index in [1.54, 1.807) is 6.21 Å². The molecule has 0 bridgehead atoms. The normalized spacial score (nSPS) is 16.5. The van der Waals surface area contributed by atoms with Gasteiger partial charge in [-0.25, -0.2) is 0 Å². The van der Waals surface area contributed by atoms with Crippen molar-refractivity contribution in [2.45, 2.75) is 13.8 Å². The number of hydrogen-bond donors (Lipinski definition) is 1. The quantitative estimate of drug-likeness (QED) is 0.925. The first kappa shape index (κ1) is 14.5. The first-order chi connectivity index (χ1) is 11.6. The molecule has 0 fully saturated rings. The van der Waals surface area contributed by atoms with E-state index in [9.17, 15) is 0 Å². The second-order valence-electron chi connectivity index (χ2n) is 6.09. The Morgan fingerprint density at radius 1 is 0.958 bits per heavy atom. The number of benzene rings is 2. The number of amidine groups is 1. The molecule has 2 aromatic rings. The zero-order valence-electron chi connectivity index (χ0n) is 13.8. The zero-order chi connectivity index (χ0) is 16.7. The number of para-hydroxylation sites is 1. The molecule has 0 unspecified atom stereocenters. The molecule has 2 aliphatic heterocycles. The fourth-order valence-corrected chi connectivity index (χ4v) is 3.06. The van der Waals surface area contributed by atoms with Gasteiger partial charge in [-0.05, 0) is 37.6 Å². The molecule has 2 N–H and O–H groups in total. The lowest BCUT2D eigenvalue weighted by Gasteiger charge is -2.38. The summed E-state index contributed by atoms with van der Waals surface area (Å²) in [6.07, 6.45) is 1.73. The number of fused-ring (bicyclic) bond motifs is 1. The summed E-state index contributed by atoms with van der Waals surface area (Å²) in [7, 11) is 0. The van der Waals surface area contributed by atoms with Gasteiger partial charge in [-0.3, -0.25) is 0 Å². The van der Waals surface area contributed by atoms with Gasteiger partial charge in [0.25, 0.3) is 0 Å². The summed E-state index contributed by atoms with van der Waals surface area (Å²) >= 11 is 0. The molecule has 0 aliphatic carbocycles. The third kappa shape index (κ3) is 2.25. The predicted octanol–water partition coefficient (Wildman–Crippen LogP) is 3.16. The maximum atomic E-state index is 6.42. The maximum Gasteiger partial charge on any atom is 0.169 e. The summed E-state index contributed by atoms with van der Waals surface area (Å²) in [5.74, 6) is 1.49. The van der Waals surface area contributed by atoms with E-state index in [-0.39, 0.29) is 0 Å². The molecule has 0 radical (unpaired) electrons. The van der Waals surface area contributed by atoms with Gasteiger partial charge in [-0.1, -0.05) is 35.9 Å². The van der Waals surface area contributed by atoms with Gasteiger partial charge in [0.15, 0.2) is 5.84 Å². The second-order valence-corrected chi connectivity index (χ2v) is 6.09. The molecule has 5 heteroatoms. The highest BCUT2D eigenvalue weighted by Crippen LogP contribution is 2.31. The molecule has 0 saturated heterocycles. The van der Waals surface area contributed by atoms with Crippen LogP contribution in [-0.2, 0) is 0 Å². The van der Waals surface area contributed by atoms with E-state index in [2.05, 4.69) is 70.2 Å². The molecule has 5 nitrogen and oxygen atoms in total. The van der Waals surface area contributed by atoms with Crippen LogP contribution in [0.5, 0.6) is 0 Å². The average Bonchev–Trinajstić information content (AvgIpc) is 3.08. The lowest BCUT2D eigenvalue weighted by atomic mass is 10.1. The van der Waals surface area contributed by atoms with Crippen LogP contribution in [0.15, 0.2) is 70.1 Å². The Labute approximate surface area is 141 Å². The highest BCUT2D eigenvalue weighted by molar-refractivity contribution is 6.25.